The summed E-state index contributed by atoms with van der Waals surface area (Å²) in [7, 11) is 0. The molecule has 0 aliphatic heterocycles. The summed E-state index contributed by atoms with van der Waals surface area (Å²) in [6.07, 6.45) is 4.09. The van der Waals surface area contributed by atoms with Gasteiger partial charge in [0.2, 0.25) is 0 Å². The molecule has 1 fully saturated rings. The maximum absolute atomic E-state index is 5.73. The summed E-state index contributed by atoms with van der Waals surface area (Å²) in [4.78, 5) is 4.55. The van der Waals surface area contributed by atoms with Crippen LogP contribution in [0.2, 0.25) is 0 Å². The van der Waals surface area contributed by atoms with Crippen molar-refractivity contribution in [2.24, 2.45) is 5.92 Å². The van der Waals surface area contributed by atoms with Crippen molar-refractivity contribution in [3.8, 4) is 0 Å². The Labute approximate surface area is 114 Å². The summed E-state index contributed by atoms with van der Waals surface area (Å²) < 4.78 is 5.73. The average molecular weight is 258 g/mol. The molecule has 1 aliphatic rings. The van der Waals surface area contributed by atoms with Crippen molar-refractivity contribution in [2.75, 3.05) is 5.32 Å². The molecule has 19 heavy (non-hydrogen) atoms. The summed E-state index contributed by atoms with van der Waals surface area (Å²) in [6.45, 7) is 6.45. The van der Waals surface area contributed by atoms with Crippen molar-refractivity contribution < 1.29 is 4.42 Å². The van der Waals surface area contributed by atoms with Crippen LogP contribution in [0.5, 0.6) is 0 Å². The van der Waals surface area contributed by atoms with Gasteiger partial charge in [0.1, 0.15) is 5.52 Å². The highest BCUT2D eigenvalue weighted by atomic mass is 16.3. The fourth-order valence-corrected chi connectivity index (χ4v) is 2.48. The van der Waals surface area contributed by atoms with Crippen LogP contribution in [0.1, 0.15) is 51.8 Å². The Morgan fingerprint density at radius 3 is 2.79 bits per heavy atom. The lowest BCUT2D eigenvalue weighted by molar-refractivity contribution is 0.501. The molecule has 1 N–H and O–H groups in total. The van der Waals surface area contributed by atoms with E-state index in [4.69, 9.17) is 4.42 Å². The van der Waals surface area contributed by atoms with Crippen molar-refractivity contribution in [3.63, 3.8) is 0 Å². The summed E-state index contributed by atoms with van der Waals surface area (Å²) >= 11 is 0. The van der Waals surface area contributed by atoms with Crippen molar-refractivity contribution in [1.29, 1.82) is 0 Å². The van der Waals surface area contributed by atoms with Crippen LogP contribution >= 0.6 is 0 Å². The second-order valence-electron chi connectivity index (χ2n) is 6.11. The second kappa shape index (κ2) is 4.87. The second-order valence-corrected chi connectivity index (χ2v) is 6.11. The zero-order valence-electron chi connectivity index (χ0n) is 11.9. The molecule has 1 unspecified atom stereocenters. The maximum atomic E-state index is 5.73. The molecule has 0 spiro atoms. The Morgan fingerprint density at radius 1 is 1.32 bits per heavy atom. The lowest BCUT2D eigenvalue weighted by Crippen LogP contribution is -2.15. The molecule has 1 aromatic carbocycles. The zero-order chi connectivity index (χ0) is 13.4. The first-order valence-corrected chi connectivity index (χ1v) is 7.29. The first-order valence-electron chi connectivity index (χ1n) is 7.29. The zero-order valence-corrected chi connectivity index (χ0v) is 11.9. The average Bonchev–Trinajstić information content (AvgIpc) is 3.05. The van der Waals surface area contributed by atoms with E-state index in [0.29, 0.717) is 12.0 Å². The first kappa shape index (κ1) is 12.5. The number of anilines is 1. The third kappa shape index (κ3) is 2.91. The molecule has 1 heterocycles. The molecule has 1 saturated carbocycles. The van der Waals surface area contributed by atoms with Gasteiger partial charge in [0.25, 0.3) is 0 Å². The van der Waals surface area contributed by atoms with Crippen LogP contribution in [0.25, 0.3) is 11.1 Å². The van der Waals surface area contributed by atoms with Gasteiger partial charge in [-0.15, -0.1) is 0 Å². The van der Waals surface area contributed by atoms with Crippen LogP contribution in [0.4, 0.5) is 5.69 Å². The largest absolute Gasteiger partial charge is 0.440 e. The standard InChI is InChI=1S/C16H22N2O/c1-10(2)16-18-14-9-13(6-7-15(14)19-16)17-11(3)8-12-4-5-12/h6-7,9-12,17H,4-5,8H2,1-3H3. The lowest BCUT2D eigenvalue weighted by Gasteiger charge is -2.14. The van der Waals surface area contributed by atoms with E-state index in [-0.39, 0.29) is 0 Å². The van der Waals surface area contributed by atoms with E-state index < -0.39 is 0 Å². The smallest absolute Gasteiger partial charge is 0.198 e. The van der Waals surface area contributed by atoms with E-state index in [0.717, 1.165) is 28.6 Å². The third-order valence-corrected chi connectivity index (χ3v) is 3.69. The monoisotopic (exact) mass is 258 g/mol. The van der Waals surface area contributed by atoms with E-state index >= 15 is 0 Å². The van der Waals surface area contributed by atoms with Gasteiger partial charge in [-0.25, -0.2) is 4.98 Å². The van der Waals surface area contributed by atoms with Crippen LogP contribution in [-0.2, 0) is 0 Å². The van der Waals surface area contributed by atoms with Gasteiger partial charge in [0.15, 0.2) is 11.5 Å². The van der Waals surface area contributed by atoms with Crippen molar-refractivity contribution in [3.05, 3.63) is 24.1 Å². The third-order valence-electron chi connectivity index (χ3n) is 3.69. The van der Waals surface area contributed by atoms with Crippen LogP contribution in [0, 0.1) is 5.92 Å². The van der Waals surface area contributed by atoms with Gasteiger partial charge in [-0.1, -0.05) is 26.7 Å². The van der Waals surface area contributed by atoms with Gasteiger partial charge >= 0.3 is 0 Å². The minimum Gasteiger partial charge on any atom is -0.440 e. The quantitative estimate of drug-likeness (QED) is 0.854. The SMILES string of the molecule is CC(CC1CC1)Nc1ccc2oc(C(C)C)nc2c1. The molecular weight excluding hydrogens is 236 g/mol. The Kier molecular flexibility index (Phi) is 3.21. The molecule has 0 amide bonds. The van der Waals surface area contributed by atoms with E-state index in [9.17, 15) is 0 Å². The molecular formula is C16H22N2O. The number of oxazole rings is 1. The summed E-state index contributed by atoms with van der Waals surface area (Å²) in [6, 6.07) is 6.72. The highest BCUT2D eigenvalue weighted by molar-refractivity contribution is 5.77. The lowest BCUT2D eigenvalue weighted by atomic mass is 10.1. The normalized spacial score (nSPS) is 17.1. The molecule has 102 valence electrons. The molecule has 0 saturated heterocycles. The van der Waals surface area contributed by atoms with Crippen LogP contribution in [0.3, 0.4) is 0 Å². The number of rotatable bonds is 5. The molecule has 2 aromatic rings. The Balaban J connectivity index is 1.76. The summed E-state index contributed by atoms with van der Waals surface area (Å²) in [5.41, 5.74) is 2.97. The minimum atomic E-state index is 0.331. The number of hydrogen-bond acceptors (Lipinski definition) is 3. The number of aromatic nitrogens is 1. The van der Waals surface area contributed by atoms with E-state index in [1.165, 1.54) is 19.3 Å². The molecule has 3 nitrogen and oxygen atoms in total. The van der Waals surface area contributed by atoms with Crippen LogP contribution in [0.15, 0.2) is 22.6 Å². The topological polar surface area (TPSA) is 38.1 Å². The number of nitrogens with zero attached hydrogens (tertiary/aromatic N) is 1. The Bertz CT molecular complexity index is 569. The van der Waals surface area contributed by atoms with E-state index in [2.05, 4.69) is 43.2 Å². The van der Waals surface area contributed by atoms with E-state index in [1.54, 1.807) is 0 Å². The molecule has 1 atom stereocenters. The fraction of sp³-hybridized carbons (Fsp3) is 0.562. The Hall–Kier alpha value is -1.51. The first-order chi connectivity index (χ1) is 9.11. The molecule has 1 aliphatic carbocycles. The molecule has 3 rings (SSSR count). The van der Waals surface area contributed by atoms with Crippen molar-refractivity contribution >= 4 is 16.8 Å². The van der Waals surface area contributed by atoms with Crippen molar-refractivity contribution in [1.82, 2.24) is 4.98 Å². The van der Waals surface area contributed by atoms with Gasteiger partial charge in [0, 0.05) is 17.6 Å². The highest BCUT2D eigenvalue weighted by Gasteiger charge is 2.23. The van der Waals surface area contributed by atoms with Crippen molar-refractivity contribution in [2.45, 2.75) is 52.0 Å². The molecule has 0 radical (unpaired) electrons. The van der Waals surface area contributed by atoms with Gasteiger partial charge in [0.05, 0.1) is 0 Å². The maximum Gasteiger partial charge on any atom is 0.198 e. The number of hydrogen-bond donors (Lipinski definition) is 1. The molecule has 1 aromatic heterocycles. The summed E-state index contributed by atoms with van der Waals surface area (Å²) in [5.74, 6) is 2.10. The van der Waals surface area contributed by atoms with Gasteiger partial charge in [-0.05, 0) is 37.5 Å². The van der Waals surface area contributed by atoms with Gasteiger partial charge in [-0.3, -0.25) is 0 Å². The fourth-order valence-electron chi connectivity index (χ4n) is 2.48. The number of nitrogens with one attached hydrogen (secondary N) is 1. The summed E-state index contributed by atoms with van der Waals surface area (Å²) in [5, 5.41) is 3.56. The molecule has 3 heteroatoms. The van der Waals surface area contributed by atoms with Gasteiger partial charge in [-0.2, -0.15) is 0 Å². The van der Waals surface area contributed by atoms with E-state index in [1.807, 2.05) is 6.07 Å². The number of benzene rings is 1. The van der Waals surface area contributed by atoms with Gasteiger partial charge < -0.3 is 9.73 Å². The molecule has 0 bridgehead atoms. The predicted molar refractivity (Wildman–Crippen MR) is 78.5 cm³/mol. The Morgan fingerprint density at radius 2 is 2.11 bits per heavy atom. The number of fused-ring (bicyclic) bond motifs is 1. The predicted octanol–water partition coefficient (Wildman–Crippen LogP) is 4.55. The van der Waals surface area contributed by atoms with Crippen LogP contribution < -0.4 is 5.32 Å². The van der Waals surface area contributed by atoms with Crippen LogP contribution in [-0.4, -0.2) is 11.0 Å². The minimum absolute atomic E-state index is 0.331. The highest BCUT2D eigenvalue weighted by Crippen LogP contribution is 2.34.